The summed E-state index contributed by atoms with van der Waals surface area (Å²) in [7, 11) is 0. The van der Waals surface area contributed by atoms with Gasteiger partial charge in [0.05, 0.1) is 17.1 Å². The number of hydrogen-bond acceptors (Lipinski definition) is 4. The van der Waals surface area contributed by atoms with E-state index in [-0.39, 0.29) is 12.3 Å². The Morgan fingerprint density at radius 3 is 2.76 bits per heavy atom. The van der Waals surface area contributed by atoms with Crippen molar-refractivity contribution in [2.24, 2.45) is 5.10 Å². The zero-order valence-corrected chi connectivity index (χ0v) is 13.1. The zero-order valence-electron chi connectivity index (χ0n) is 12.3. The Balaban J connectivity index is 1.76. The number of hydrogen-bond donors (Lipinski definition) is 1. The molecule has 1 aromatic heterocycles. The summed E-state index contributed by atoms with van der Waals surface area (Å²) >= 11 is 1.55. The van der Waals surface area contributed by atoms with Gasteiger partial charge in [-0.05, 0) is 32.3 Å². The number of nitrogens with zero attached hydrogens (tertiary/aromatic N) is 2. The smallest absolute Gasteiger partial charge is 0.246 e. The number of benzene rings is 1. The Labute approximate surface area is 128 Å². The van der Waals surface area contributed by atoms with Gasteiger partial charge in [-0.15, -0.1) is 11.3 Å². The van der Waals surface area contributed by atoms with E-state index in [0.717, 1.165) is 29.3 Å². The molecule has 0 atom stereocenters. The van der Waals surface area contributed by atoms with Crippen LogP contribution in [0.15, 0.2) is 40.8 Å². The average molecular weight is 301 g/mol. The number of aryl methyl sites for hydroxylation is 2. The fourth-order valence-corrected chi connectivity index (χ4v) is 2.49. The van der Waals surface area contributed by atoms with Crippen molar-refractivity contribution in [1.29, 1.82) is 0 Å². The van der Waals surface area contributed by atoms with E-state index in [4.69, 9.17) is 0 Å². The second-order valence-electron chi connectivity index (χ2n) is 4.90. The van der Waals surface area contributed by atoms with E-state index in [1.807, 2.05) is 37.4 Å². The van der Waals surface area contributed by atoms with Crippen LogP contribution in [0.1, 0.15) is 29.6 Å². The Kier molecular flexibility index (Phi) is 5.63. The monoisotopic (exact) mass is 301 g/mol. The maximum absolute atomic E-state index is 11.7. The molecule has 0 fully saturated rings. The number of nitrogens with one attached hydrogen (secondary N) is 1. The Bertz CT molecular complexity index is 619. The Hall–Kier alpha value is -2.01. The van der Waals surface area contributed by atoms with Crippen LogP contribution in [0.2, 0.25) is 0 Å². The minimum absolute atomic E-state index is 0.126. The molecule has 1 N–H and O–H groups in total. The number of thiazole rings is 1. The summed E-state index contributed by atoms with van der Waals surface area (Å²) in [5.74, 6) is -0.126. The molecule has 0 unspecified atom stereocenters. The first kappa shape index (κ1) is 15.4. The molecule has 110 valence electrons. The van der Waals surface area contributed by atoms with E-state index >= 15 is 0 Å². The fourth-order valence-electron chi connectivity index (χ4n) is 1.88. The van der Waals surface area contributed by atoms with Crippen LogP contribution in [0.3, 0.4) is 0 Å². The van der Waals surface area contributed by atoms with Gasteiger partial charge in [-0.3, -0.25) is 4.79 Å². The SMILES string of the molecule is C/C(CCc1ccccc1)=N/NC(=O)Cc1csc(C)n1. The van der Waals surface area contributed by atoms with Gasteiger partial charge < -0.3 is 0 Å². The third-order valence-corrected chi connectivity index (χ3v) is 3.82. The fraction of sp³-hybridized carbons (Fsp3) is 0.312. The van der Waals surface area contributed by atoms with Crippen LogP contribution >= 0.6 is 11.3 Å². The number of carbonyl (C=O) groups excluding carboxylic acids is 1. The maximum Gasteiger partial charge on any atom is 0.246 e. The van der Waals surface area contributed by atoms with Gasteiger partial charge in [0.15, 0.2) is 0 Å². The van der Waals surface area contributed by atoms with Crippen molar-refractivity contribution in [3.8, 4) is 0 Å². The largest absolute Gasteiger partial charge is 0.273 e. The molecular weight excluding hydrogens is 282 g/mol. The lowest BCUT2D eigenvalue weighted by Gasteiger charge is -2.02. The normalized spacial score (nSPS) is 11.4. The lowest BCUT2D eigenvalue weighted by molar-refractivity contribution is -0.120. The highest BCUT2D eigenvalue weighted by molar-refractivity contribution is 7.09. The number of amides is 1. The predicted octanol–water partition coefficient (Wildman–Crippen LogP) is 3.12. The van der Waals surface area contributed by atoms with E-state index in [1.54, 1.807) is 11.3 Å². The van der Waals surface area contributed by atoms with Gasteiger partial charge >= 0.3 is 0 Å². The lowest BCUT2D eigenvalue weighted by Crippen LogP contribution is -2.21. The maximum atomic E-state index is 11.7. The summed E-state index contributed by atoms with van der Waals surface area (Å²) in [6.07, 6.45) is 2.04. The third-order valence-electron chi connectivity index (χ3n) is 3.00. The molecule has 4 nitrogen and oxygen atoms in total. The van der Waals surface area contributed by atoms with Gasteiger partial charge in [-0.25, -0.2) is 10.4 Å². The average Bonchev–Trinajstić information content (AvgIpc) is 2.89. The highest BCUT2D eigenvalue weighted by atomic mass is 32.1. The highest BCUT2D eigenvalue weighted by Gasteiger charge is 2.05. The van der Waals surface area contributed by atoms with Crippen LogP contribution in [-0.4, -0.2) is 16.6 Å². The Morgan fingerprint density at radius 1 is 1.33 bits per heavy atom. The van der Waals surface area contributed by atoms with Gasteiger partial charge in [0.2, 0.25) is 5.91 Å². The second-order valence-corrected chi connectivity index (χ2v) is 5.96. The molecule has 0 radical (unpaired) electrons. The van der Waals surface area contributed by atoms with Crippen molar-refractivity contribution < 1.29 is 4.79 Å². The minimum Gasteiger partial charge on any atom is -0.273 e. The summed E-state index contributed by atoms with van der Waals surface area (Å²) in [5, 5.41) is 7.01. The van der Waals surface area contributed by atoms with Gasteiger partial charge in [0.1, 0.15) is 0 Å². The van der Waals surface area contributed by atoms with Gasteiger partial charge in [-0.2, -0.15) is 5.10 Å². The summed E-state index contributed by atoms with van der Waals surface area (Å²) < 4.78 is 0. The summed E-state index contributed by atoms with van der Waals surface area (Å²) in [6.45, 7) is 3.86. The molecule has 2 aromatic rings. The molecule has 0 saturated carbocycles. The van der Waals surface area contributed by atoms with Crippen LogP contribution < -0.4 is 5.43 Å². The van der Waals surface area contributed by atoms with Gasteiger partial charge in [0, 0.05) is 11.1 Å². The van der Waals surface area contributed by atoms with E-state index < -0.39 is 0 Å². The molecular formula is C16H19N3OS. The number of hydrazone groups is 1. The van der Waals surface area contributed by atoms with E-state index in [1.165, 1.54) is 5.56 Å². The molecule has 0 aliphatic heterocycles. The molecule has 0 spiro atoms. The summed E-state index contributed by atoms with van der Waals surface area (Å²) in [4.78, 5) is 16.0. The van der Waals surface area contributed by atoms with Gasteiger partial charge in [0.25, 0.3) is 0 Å². The van der Waals surface area contributed by atoms with Crippen LogP contribution in [-0.2, 0) is 17.6 Å². The van der Waals surface area contributed by atoms with Crippen molar-refractivity contribution >= 4 is 23.0 Å². The van der Waals surface area contributed by atoms with Crippen molar-refractivity contribution in [3.63, 3.8) is 0 Å². The molecule has 1 amide bonds. The van der Waals surface area contributed by atoms with Crippen molar-refractivity contribution in [1.82, 2.24) is 10.4 Å². The molecule has 21 heavy (non-hydrogen) atoms. The Morgan fingerprint density at radius 2 is 2.10 bits per heavy atom. The van der Waals surface area contributed by atoms with Crippen LogP contribution in [0, 0.1) is 6.92 Å². The van der Waals surface area contributed by atoms with E-state index in [0.29, 0.717) is 0 Å². The first-order valence-corrected chi connectivity index (χ1v) is 7.78. The number of carbonyl (C=O) groups is 1. The first-order chi connectivity index (χ1) is 10.1. The molecule has 0 aliphatic carbocycles. The van der Waals surface area contributed by atoms with Crippen molar-refractivity contribution in [2.75, 3.05) is 0 Å². The topological polar surface area (TPSA) is 54.4 Å². The molecule has 0 saturated heterocycles. The summed E-state index contributed by atoms with van der Waals surface area (Å²) in [5.41, 5.74) is 5.58. The molecule has 0 aliphatic rings. The highest BCUT2D eigenvalue weighted by Crippen LogP contribution is 2.08. The van der Waals surface area contributed by atoms with Crippen molar-refractivity contribution in [3.05, 3.63) is 52.0 Å². The van der Waals surface area contributed by atoms with Crippen LogP contribution in [0.25, 0.3) is 0 Å². The number of rotatable bonds is 6. The standard InChI is InChI=1S/C16H19N3OS/c1-12(8-9-14-6-4-3-5-7-14)18-19-16(20)10-15-11-21-13(2)17-15/h3-7,11H,8-10H2,1-2H3,(H,19,20)/b18-12-. The zero-order chi connectivity index (χ0) is 15.1. The molecule has 0 bridgehead atoms. The van der Waals surface area contributed by atoms with E-state index in [2.05, 4.69) is 27.6 Å². The number of aromatic nitrogens is 1. The second kappa shape index (κ2) is 7.69. The minimum atomic E-state index is -0.126. The molecule has 5 heteroatoms. The lowest BCUT2D eigenvalue weighted by atomic mass is 10.1. The van der Waals surface area contributed by atoms with Crippen LogP contribution in [0.5, 0.6) is 0 Å². The molecule has 2 rings (SSSR count). The van der Waals surface area contributed by atoms with Crippen molar-refractivity contribution in [2.45, 2.75) is 33.1 Å². The third kappa shape index (κ3) is 5.47. The molecule has 1 aromatic carbocycles. The van der Waals surface area contributed by atoms with Crippen LogP contribution in [0.4, 0.5) is 0 Å². The summed E-state index contributed by atoms with van der Waals surface area (Å²) in [6, 6.07) is 10.2. The first-order valence-electron chi connectivity index (χ1n) is 6.90. The predicted molar refractivity (Wildman–Crippen MR) is 86.6 cm³/mol. The molecule has 1 heterocycles. The van der Waals surface area contributed by atoms with Gasteiger partial charge in [-0.1, -0.05) is 30.3 Å². The quantitative estimate of drug-likeness (QED) is 0.658. The van der Waals surface area contributed by atoms with E-state index in [9.17, 15) is 4.79 Å².